The van der Waals surface area contributed by atoms with Gasteiger partial charge in [0.1, 0.15) is 17.6 Å². The third-order valence-corrected chi connectivity index (χ3v) is 7.04. The summed E-state index contributed by atoms with van der Waals surface area (Å²) in [5.74, 6) is 0.339. The molecule has 2 heterocycles. The quantitative estimate of drug-likeness (QED) is 0.623. The van der Waals surface area contributed by atoms with Gasteiger partial charge in [0.15, 0.2) is 0 Å². The molecule has 0 spiro atoms. The summed E-state index contributed by atoms with van der Waals surface area (Å²) in [6.07, 6.45) is 4.88. The Labute approximate surface area is 187 Å². The summed E-state index contributed by atoms with van der Waals surface area (Å²) in [5.41, 5.74) is 0.811. The smallest absolute Gasteiger partial charge is 0.316 e. The van der Waals surface area contributed by atoms with Crippen LogP contribution in [0.15, 0.2) is 35.3 Å². The molecule has 8 heteroatoms. The van der Waals surface area contributed by atoms with Crippen molar-refractivity contribution < 1.29 is 9.13 Å². The summed E-state index contributed by atoms with van der Waals surface area (Å²) in [6.45, 7) is 10.0. The van der Waals surface area contributed by atoms with Crippen LogP contribution in [0, 0.1) is 11.7 Å². The van der Waals surface area contributed by atoms with Crippen LogP contribution in [0.3, 0.4) is 0 Å². The topological polar surface area (TPSA) is 50.6 Å². The first kappa shape index (κ1) is 22.1. The van der Waals surface area contributed by atoms with Crippen molar-refractivity contribution in [2.75, 3.05) is 31.1 Å². The molecule has 0 N–H and O–H groups in total. The van der Waals surface area contributed by atoms with Crippen molar-refractivity contribution >= 4 is 17.6 Å². The number of piperazine rings is 1. The van der Waals surface area contributed by atoms with Gasteiger partial charge in [-0.15, -0.1) is 0 Å². The number of anilines is 1. The van der Waals surface area contributed by atoms with Gasteiger partial charge in [0.05, 0.1) is 11.9 Å². The Balaban J connectivity index is 1.66. The third-order valence-electron chi connectivity index (χ3n) is 5.96. The first-order chi connectivity index (χ1) is 14.9. The highest BCUT2D eigenvalue weighted by atomic mass is 32.2. The molecule has 1 aliphatic heterocycles. The first-order valence-electron chi connectivity index (χ1n) is 11.1. The van der Waals surface area contributed by atoms with Crippen LogP contribution >= 0.6 is 11.9 Å². The second kappa shape index (κ2) is 9.61. The summed E-state index contributed by atoms with van der Waals surface area (Å²) in [7, 11) is 0. The molecule has 0 radical (unpaired) electrons. The molecule has 4 rings (SSSR count). The summed E-state index contributed by atoms with van der Waals surface area (Å²) in [6, 6.07) is 5.94. The number of hydrogen-bond donors (Lipinski definition) is 0. The highest BCUT2D eigenvalue weighted by molar-refractivity contribution is 7.97. The lowest BCUT2D eigenvalue weighted by Gasteiger charge is -2.36. The second-order valence-corrected chi connectivity index (χ2v) is 10.4. The van der Waals surface area contributed by atoms with Gasteiger partial charge in [0.25, 0.3) is 0 Å². The Morgan fingerprint density at radius 1 is 1.19 bits per heavy atom. The van der Waals surface area contributed by atoms with Crippen molar-refractivity contribution in [3.05, 3.63) is 46.6 Å². The third kappa shape index (κ3) is 5.06. The highest BCUT2D eigenvalue weighted by Crippen LogP contribution is 2.33. The number of nitrogens with zero attached hydrogens (tertiary/aromatic N) is 4. The Bertz CT molecular complexity index is 959. The van der Waals surface area contributed by atoms with E-state index >= 15 is 0 Å². The maximum atomic E-state index is 13.8. The summed E-state index contributed by atoms with van der Waals surface area (Å²) in [5, 5.41) is 4.93. The van der Waals surface area contributed by atoms with Gasteiger partial charge in [0.2, 0.25) is 5.75 Å². The van der Waals surface area contributed by atoms with E-state index < -0.39 is 5.82 Å². The number of benzene rings is 1. The minimum atomic E-state index is -0.402. The van der Waals surface area contributed by atoms with E-state index in [2.05, 4.69) is 35.1 Å². The zero-order valence-corrected chi connectivity index (χ0v) is 19.3. The van der Waals surface area contributed by atoms with Crippen molar-refractivity contribution in [3.63, 3.8) is 0 Å². The van der Waals surface area contributed by atoms with Crippen LogP contribution in [-0.4, -0.2) is 51.6 Å². The first-order valence-corrected chi connectivity index (χ1v) is 12.0. The molecule has 0 amide bonds. The number of aromatic nitrogens is 2. The average molecular weight is 447 g/mol. The van der Waals surface area contributed by atoms with Crippen LogP contribution in [0.1, 0.15) is 40.0 Å². The number of hydrogen-bond acceptors (Lipinski definition) is 6. The molecule has 6 nitrogen and oxygen atoms in total. The van der Waals surface area contributed by atoms with Gasteiger partial charge in [-0.2, -0.15) is 9.78 Å². The number of halogens is 1. The maximum absolute atomic E-state index is 13.8. The van der Waals surface area contributed by atoms with Gasteiger partial charge in [-0.3, -0.25) is 4.79 Å². The molecule has 1 unspecified atom stereocenters. The Morgan fingerprint density at radius 3 is 2.61 bits per heavy atom. The number of ether oxygens (including phenoxy) is 1. The fourth-order valence-corrected chi connectivity index (χ4v) is 5.30. The number of rotatable bonds is 6. The van der Waals surface area contributed by atoms with Gasteiger partial charge in [-0.25, -0.2) is 8.70 Å². The molecule has 168 valence electrons. The molecule has 2 aliphatic rings. The zero-order valence-electron chi connectivity index (χ0n) is 18.5. The molecule has 1 aliphatic carbocycles. The van der Waals surface area contributed by atoms with E-state index in [1.54, 1.807) is 18.3 Å². The predicted octanol–water partition coefficient (Wildman–Crippen LogP) is 4.12. The highest BCUT2D eigenvalue weighted by Gasteiger charge is 2.30. The molecule has 0 bridgehead atoms. The van der Waals surface area contributed by atoms with Crippen molar-refractivity contribution in [3.8, 4) is 11.4 Å². The molecule has 1 saturated heterocycles. The van der Waals surface area contributed by atoms with E-state index in [0.717, 1.165) is 51.1 Å². The zero-order chi connectivity index (χ0) is 22.0. The average Bonchev–Trinajstić information content (AvgIpc) is 3.14. The van der Waals surface area contributed by atoms with E-state index in [9.17, 15) is 9.18 Å². The van der Waals surface area contributed by atoms with Gasteiger partial charge in [-0.1, -0.05) is 38.8 Å². The van der Waals surface area contributed by atoms with Gasteiger partial charge in [-0.05, 0) is 43.4 Å². The largest absolute Gasteiger partial charge is 0.483 e. The van der Waals surface area contributed by atoms with Crippen molar-refractivity contribution in [2.45, 2.75) is 51.4 Å². The minimum absolute atomic E-state index is 0.0209. The summed E-state index contributed by atoms with van der Waals surface area (Å²) in [4.78, 5) is 15.7. The van der Waals surface area contributed by atoms with Crippen LogP contribution < -0.4 is 15.2 Å². The maximum Gasteiger partial charge on any atom is 0.316 e. The molecule has 2 fully saturated rings. The van der Waals surface area contributed by atoms with E-state index in [-0.39, 0.29) is 11.7 Å². The Morgan fingerprint density at radius 2 is 1.97 bits per heavy atom. The molecule has 1 aromatic carbocycles. The summed E-state index contributed by atoms with van der Waals surface area (Å²) >= 11 is 1.87. The molecular formula is C23H31FN4O2S. The lowest BCUT2D eigenvalue weighted by Crippen LogP contribution is -2.45. The van der Waals surface area contributed by atoms with Crippen molar-refractivity contribution in [2.24, 2.45) is 5.92 Å². The fourth-order valence-electron chi connectivity index (χ4n) is 4.33. The van der Waals surface area contributed by atoms with E-state index in [4.69, 9.17) is 4.74 Å². The molecule has 31 heavy (non-hydrogen) atoms. The van der Waals surface area contributed by atoms with Crippen LogP contribution in [0.2, 0.25) is 0 Å². The van der Waals surface area contributed by atoms with Gasteiger partial charge >= 0.3 is 5.56 Å². The second-order valence-electron chi connectivity index (χ2n) is 8.69. The van der Waals surface area contributed by atoms with E-state index in [1.807, 2.05) is 11.9 Å². The predicted molar refractivity (Wildman–Crippen MR) is 124 cm³/mol. The normalized spacial score (nSPS) is 22.3. The molecular weight excluding hydrogens is 415 g/mol. The summed E-state index contributed by atoms with van der Waals surface area (Å²) < 4.78 is 23.8. The SMILES string of the molecule is CC(C)SN1CCN(c2cnn(-c3cccc(F)c3)c(=O)c2OC2CCC[C@H]2C)CC1. The lowest BCUT2D eigenvalue weighted by molar-refractivity contribution is 0.164. The standard InChI is InChI=1S/C23H31FN4O2S/c1-16(2)31-27-12-10-26(11-13-27)20-15-25-28(19-8-5-7-18(24)14-19)23(29)22(20)30-21-9-4-6-17(21)3/h5,7-8,14-17,21H,4,6,9-13H2,1-3H3/t17-,21?/m1/s1. The van der Waals surface area contributed by atoms with Crippen LogP contribution in [0.25, 0.3) is 5.69 Å². The fraction of sp³-hybridized carbons (Fsp3) is 0.565. The van der Waals surface area contributed by atoms with Gasteiger partial charge < -0.3 is 9.64 Å². The van der Waals surface area contributed by atoms with E-state index in [1.165, 1.54) is 16.8 Å². The Kier molecular flexibility index (Phi) is 6.86. The Hall–Kier alpha value is -2.06. The van der Waals surface area contributed by atoms with Crippen LogP contribution in [0.4, 0.5) is 10.1 Å². The van der Waals surface area contributed by atoms with Crippen molar-refractivity contribution in [1.82, 2.24) is 14.1 Å². The van der Waals surface area contributed by atoms with Gasteiger partial charge in [0, 0.05) is 31.4 Å². The van der Waals surface area contributed by atoms with E-state index in [0.29, 0.717) is 22.6 Å². The molecule has 2 aromatic rings. The van der Waals surface area contributed by atoms with Crippen LogP contribution in [0.5, 0.6) is 5.75 Å². The van der Waals surface area contributed by atoms with Crippen molar-refractivity contribution in [1.29, 1.82) is 0 Å². The molecule has 1 aromatic heterocycles. The van der Waals surface area contributed by atoms with Crippen LogP contribution in [-0.2, 0) is 0 Å². The lowest BCUT2D eigenvalue weighted by atomic mass is 10.1. The monoisotopic (exact) mass is 446 g/mol. The minimum Gasteiger partial charge on any atom is -0.483 e. The molecule has 2 atom stereocenters. The molecule has 1 saturated carbocycles.